The number of benzene rings is 1. The van der Waals surface area contributed by atoms with Crippen LogP contribution in [0.5, 0.6) is 5.75 Å². The van der Waals surface area contributed by atoms with Crippen LogP contribution in [0.1, 0.15) is 53.0 Å². The maximum atomic E-state index is 6.01. The Balaban J connectivity index is 2.71. The Morgan fingerprint density at radius 3 is 2.25 bits per heavy atom. The minimum atomic E-state index is -0.232. The molecular formula is C18H28O2. The van der Waals surface area contributed by atoms with E-state index in [9.17, 15) is 0 Å². The molecule has 1 unspecified atom stereocenters. The molecule has 1 rings (SSSR count). The van der Waals surface area contributed by atoms with Gasteiger partial charge in [-0.15, -0.1) is 0 Å². The van der Waals surface area contributed by atoms with Gasteiger partial charge in [0.05, 0.1) is 6.61 Å². The lowest BCUT2D eigenvalue weighted by Crippen LogP contribution is -2.35. The topological polar surface area (TPSA) is 18.5 Å². The van der Waals surface area contributed by atoms with Gasteiger partial charge in [0, 0.05) is 5.41 Å². The summed E-state index contributed by atoms with van der Waals surface area (Å²) in [5.74, 6) is 0.839. The van der Waals surface area contributed by atoms with E-state index in [-0.39, 0.29) is 11.7 Å². The van der Waals surface area contributed by atoms with Gasteiger partial charge < -0.3 is 9.47 Å². The summed E-state index contributed by atoms with van der Waals surface area (Å²) in [5, 5.41) is 0. The first-order valence-electron chi connectivity index (χ1n) is 7.38. The fourth-order valence-electron chi connectivity index (χ4n) is 1.74. The zero-order valence-corrected chi connectivity index (χ0v) is 13.5. The van der Waals surface area contributed by atoms with Gasteiger partial charge in [0.2, 0.25) is 6.29 Å². The van der Waals surface area contributed by atoms with Crippen LogP contribution >= 0.6 is 0 Å². The molecule has 0 fully saturated rings. The van der Waals surface area contributed by atoms with E-state index in [2.05, 4.69) is 34.3 Å². The predicted molar refractivity (Wildman–Crippen MR) is 85.9 cm³/mol. The van der Waals surface area contributed by atoms with E-state index in [0.29, 0.717) is 0 Å². The van der Waals surface area contributed by atoms with Crippen molar-refractivity contribution >= 4 is 5.57 Å². The van der Waals surface area contributed by atoms with Gasteiger partial charge in [-0.1, -0.05) is 58.4 Å². The van der Waals surface area contributed by atoms with Crippen LogP contribution < -0.4 is 4.74 Å². The molecule has 0 N–H and O–H groups in total. The van der Waals surface area contributed by atoms with Gasteiger partial charge in [-0.3, -0.25) is 0 Å². The Morgan fingerprint density at radius 2 is 1.80 bits per heavy atom. The molecule has 0 aliphatic carbocycles. The van der Waals surface area contributed by atoms with Crippen LogP contribution in [-0.4, -0.2) is 12.9 Å². The smallest absolute Gasteiger partial charge is 0.204 e. The standard InChI is InChI=1S/C18H28O2/c1-7-8-13-19-17(18(4,5)6)20-16-11-9-15(10-12-16)14(2)3/h9-12,17H,2,7-8,13H2,1,3-6H3. The van der Waals surface area contributed by atoms with Crippen LogP contribution in [0.15, 0.2) is 30.8 Å². The van der Waals surface area contributed by atoms with Gasteiger partial charge in [-0.05, 0) is 31.0 Å². The van der Waals surface area contributed by atoms with Crippen molar-refractivity contribution in [2.24, 2.45) is 5.41 Å². The number of allylic oxidation sites excluding steroid dienone is 1. The molecule has 0 aromatic heterocycles. The second-order valence-electron chi connectivity index (χ2n) is 6.34. The Kier molecular flexibility index (Phi) is 6.28. The normalized spacial score (nSPS) is 13.1. The monoisotopic (exact) mass is 276 g/mol. The van der Waals surface area contributed by atoms with Gasteiger partial charge in [0.1, 0.15) is 5.75 Å². The van der Waals surface area contributed by atoms with Crippen LogP contribution in [0, 0.1) is 5.41 Å². The molecular weight excluding hydrogens is 248 g/mol. The molecule has 2 heteroatoms. The van der Waals surface area contributed by atoms with Crippen molar-refractivity contribution in [1.82, 2.24) is 0 Å². The summed E-state index contributed by atoms with van der Waals surface area (Å²) >= 11 is 0. The molecule has 0 bridgehead atoms. The van der Waals surface area contributed by atoms with Gasteiger partial charge in [0.25, 0.3) is 0 Å². The van der Waals surface area contributed by atoms with Crippen molar-refractivity contribution in [3.8, 4) is 5.75 Å². The fraction of sp³-hybridized carbons (Fsp3) is 0.556. The Morgan fingerprint density at radius 1 is 1.20 bits per heavy atom. The molecule has 20 heavy (non-hydrogen) atoms. The number of ether oxygens (including phenoxy) is 2. The molecule has 0 amide bonds. The summed E-state index contributed by atoms with van der Waals surface area (Å²) in [6.07, 6.45) is 1.96. The maximum absolute atomic E-state index is 6.01. The van der Waals surface area contributed by atoms with E-state index in [1.807, 2.05) is 31.2 Å². The Hall–Kier alpha value is -1.28. The minimum Gasteiger partial charge on any atom is -0.464 e. The number of rotatable bonds is 7. The van der Waals surface area contributed by atoms with Crippen LogP contribution in [0.4, 0.5) is 0 Å². The maximum Gasteiger partial charge on any atom is 0.204 e. The SMILES string of the molecule is C=C(C)c1ccc(OC(OCCCC)C(C)(C)C)cc1. The first kappa shape index (κ1) is 16.8. The van der Waals surface area contributed by atoms with Gasteiger partial charge in [0.15, 0.2) is 0 Å². The quantitative estimate of drug-likeness (QED) is 0.498. The van der Waals surface area contributed by atoms with Crippen LogP contribution in [0.2, 0.25) is 0 Å². The summed E-state index contributed by atoms with van der Waals surface area (Å²) in [6, 6.07) is 8.02. The highest BCUT2D eigenvalue weighted by molar-refractivity contribution is 5.61. The zero-order chi connectivity index (χ0) is 15.2. The Labute approximate surface area is 123 Å². The second kappa shape index (κ2) is 7.49. The molecule has 0 spiro atoms. The van der Waals surface area contributed by atoms with Crippen molar-refractivity contribution in [3.63, 3.8) is 0 Å². The van der Waals surface area contributed by atoms with Crippen molar-refractivity contribution in [3.05, 3.63) is 36.4 Å². The predicted octanol–water partition coefficient (Wildman–Crippen LogP) is 5.29. The molecule has 0 aliphatic heterocycles. The number of unbranched alkanes of at least 4 members (excludes halogenated alkanes) is 1. The van der Waals surface area contributed by atoms with Gasteiger partial charge in [-0.25, -0.2) is 0 Å². The largest absolute Gasteiger partial charge is 0.464 e. The third kappa shape index (κ3) is 5.38. The van der Waals surface area contributed by atoms with Crippen LogP contribution in [0.25, 0.3) is 5.57 Å². The summed E-state index contributed by atoms with van der Waals surface area (Å²) in [5.41, 5.74) is 2.14. The molecule has 0 radical (unpaired) electrons. The van der Waals surface area contributed by atoms with Crippen molar-refractivity contribution < 1.29 is 9.47 Å². The Bertz CT molecular complexity index is 412. The van der Waals surface area contributed by atoms with E-state index >= 15 is 0 Å². The molecule has 1 aromatic carbocycles. The molecule has 1 aromatic rings. The molecule has 0 heterocycles. The molecule has 0 saturated heterocycles. The zero-order valence-electron chi connectivity index (χ0n) is 13.5. The van der Waals surface area contributed by atoms with E-state index in [1.165, 1.54) is 0 Å². The van der Waals surface area contributed by atoms with E-state index in [1.54, 1.807) is 0 Å². The average Bonchev–Trinajstić information content (AvgIpc) is 2.37. The van der Waals surface area contributed by atoms with Crippen LogP contribution in [-0.2, 0) is 4.74 Å². The van der Waals surface area contributed by atoms with Crippen molar-refractivity contribution in [2.75, 3.05) is 6.61 Å². The fourth-order valence-corrected chi connectivity index (χ4v) is 1.74. The van der Waals surface area contributed by atoms with Gasteiger partial charge in [-0.2, -0.15) is 0 Å². The molecule has 0 aliphatic rings. The first-order chi connectivity index (χ1) is 9.34. The molecule has 112 valence electrons. The van der Waals surface area contributed by atoms with E-state index < -0.39 is 0 Å². The lowest BCUT2D eigenvalue weighted by molar-refractivity contribution is -0.141. The molecule has 1 atom stereocenters. The molecule has 2 nitrogen and oxygen atoms in total. The summed E-state index contributed by atoms with van der Waals surface area (Å²) < 4.78 is 11.9. The second-order valence-corrected chi connectivity index (χ2v) is 6.34. The summed E-state index contributed by atoms with van der Waals surface area (Å²) in [4.78, 5) is 0. The number of hydrogen-bond donors (Lipinski definition) is 0. The average molecular weight is 276 g/mol. The minimum absolute atomic E-state index is 0.0548. The highest BCUT2D eigenvalue weighted by Crippen LogP contribution is 2.27. The van der Waals surface area contributed by atoms with E-state index in [0.717, 1.165) is 36.3 Å². The van der Waals surface area contributed by atoms with Crippen molar-refractivity contribution in [2.45, 2.75) is 53.8 Å². The molecule has 0 saturated carbocycles. The highest BCUT2D eigenvalue weighted by Gasteiger charge is 2.27. The summed E-state index contributed by atoms with van der Waals surface area (Å²) in [6.45, 7) is 15.2. The number of hydrogen-bond acceptors (Lipinski definition) is 2. The lowest BCUT2D eigenvalue weighted by atomic mass is 9.96. The van der Waals surface area contributed by atoms with E-state index in [4.69, 9.17) is 9.47 Å². The van der Waals surface area contributed by atoms with Crippen molar-refractivity contribution in [1.29, 1.82) is 0 Å². The van der Waals surface area contributed by atoms with Gasteiger partial charge >= 0.3 is 0 Å². The lowest BCUT2D eigenvalue weighted by Gasteiger charge is -2.31. The third-order valence-electron chi connectivity index (χ3n) is 3.06. The third-order valence-corrected chi connectivity index (χ3v) is 3.06. The highest BCUT2D eigenvalue weighted by atomic mass is 16.7. The summed E-state index contributed by atoms with van der Waals surface area (Å²) in [7, 11) is 0. The van der Waals surface area contributed by atoms with Crippen LogP contribution in [0.3, 0.4) is 0 Å². The first-order valence-corrected chi connectivity index (χ1v) is 7.38.